The van der Waals surface area contributed by atoms with Gasteiger partial charge >= 0.3 is 5.97 Å². The number of hydrogen-bond acceptors (Lipinski definition) is 4. The molecule has 0 aliphatic rings. The average Bonchev–Trinajstić information content (AvgIpc) is 2.26. The maximum Gasteiger partial charge on any atom is 0.328 e. The van der Waals surface area contributed by atoms with Crippen LogP contribution in [-0.4, -0.2) is 28.5 Å². The maximum atomic E-state index is 11.9. The minimum atomic E-state index is -0.729. The van der Waals surface area contributed by atoms with E-state index in [1.807, 2.05) is 0 Å². The first-order valence-electron chi connectivity index (χ1n) is 5.85. The van der Waals surface area contributed by atoms with E-state index >= 15 is 0 Å². The third-order valence-electron chi connectivity index (χ3n) is 2.06. The highest BCUT2D eigenvalue weighted by atomic mass is 79.9. The zero-order valence-electron chi connectivity index (χ0n) is 11.4. The molecular weight excluding hydrogens is 312 g/mol. The summed E-state index contributed by atoms with van der Waals surface area (Å²) in [6.45, 7) is 6.89. The molecule has 6 heteroatoms. The second-order valence-electron chi connectivity index (χ2n) is 5.07. The number of carbonyl (C=O) groups is 2. The molecule has 0 radical (unpaired) electrons. The summed E-state index contributed by atoms with van der Waals surface area (Å²) < 4.78 is 5.74. The number of nitrogens with zero attached hydrogens (tertiary/aromatic N) is 1. The van der Waals surface area contributed by atoms with Gasteiger partial charge in [0.1, 0.15) is 21.9 Å². The monoisotopic (exact) mass is 328 g/mol. The number of amides is 1. The minimum Gasteiger partial charge on any atom is -0.458 e. The molecule has 1 aromatic rings. The second-order valence-corrected chi connectivity index (χ2v) is 5.89. The van der Waals surface area contributed by atoms with Crippen LogP contribution in [0.5, 0.6) is 0 Å². The quantitative estimate of drug-likeness (QED) is 0.682. The molecule has 0 aromatic carbocycles. The Morgan fingerprint density at radius 3 is 2.53 bits per heavy atom. The molecule has 104 valence electrons. The van der Waals surface area contributed by atoms with Gasteiger partial charge in [0, 0.05) is 0 Å². The van der Waals surface area contributed by atoms with E-state index in [1.165, 1.54) is 0 Å². The number of hydrogen-bond donors (Lipinski definition) is 1. The van der Waals surface area contributed by atoms with Crippen LogP contribution in [0.1, 0.15) is 38.2 Å². The van der Waals surface area contributed by atoms with Crippen LogP contribution in [0, 0.1) is 0 Å². The van der Waals surface area contributed by atoms with Crippen molar-refractivity contribution in [2.24, 2.45) is 0 Å². The van der Waals surface area contributed by atoms with Crippen molar-refractivity contribution in [2.75, 3.05) is 0 Å². The van der Waals surface area contributed by atoms with E-state index < -0.39 is 23.5 Å². The molecule has 19 heavy (non-hydrogen) atoms. The lowest BCUT2D eigenvalue weighted by molar-refractivity contribution is -0.156. The highest BCUT2D eigenvalue weighted by Gasteiger charge is 2.23. The van der Waals surface area contributed by atoms with E-state index in [0.717, 1.165) is 0 Å². The maximum absolute atomic E-state index is 11.9. The molecule has 0 aliphatic carbocycles. The summed E-state index contributed by atoms with van der Waals surface area (Å²) in [5.74, 6) is -0.893. The average molecular weight is 329 g/mol. The van der Waals surface area contributed by atoms with Crippen LogP contribution in [0.2, 0.25) is 0 Å². The van der Waals surface area contributed by atoms with Gasteiger partial charge in [-0.25, -0.2) is 9.78 Å². The Kier molecular flexibility index (Phi) is 5.05. The number of pyridine rings is 1. The van der Waals surface area contributed by atoms with Crippen molar-refractivity contribution in [3.8, 4) is 0 Å². The van der Waals surface area contributed by atoms with Gasteiger partial charge in [-0.15, -0.1) is 0 Å². The summed E-state index contributed by atoms with van der Waals surface area (Å²) in [4.78, 5) is 27.6. The Hall–Kier alpha value is -1.43. The van der Waals surface area contributed by atoms with Gasteiger partial charge in [-0.1, -0.05) is 6.07 Å². The summed E-state index contributed by atoms with van der Waals surface area (Å²) >= 11 is 3.18. The highest BCUT2D eigenvalue weighted by molar-refractivity contribution is 9.10. The third kappa shape index (κ3) is 5.38. The molecule has 1 heterocycles. The first kappa shape index (κ1) is 15.6. The molecule has 1 rings (SSSR count). The van der Waals surface area contributed by atoms with Gasteiger partial charge in [0.15, 0.2) is 0 Å². The number of halogens is 1. The highest BCUT2D eigenvalue weighted by Crippen LogP contribution is 2.09. The molecule has 0 aliphatic heterocycles. The Morgan fingerprint density at radius 1 is 1.37 bits per heavy atom. The van der Waals surface area contributed by atoms with Gasteiger partial charge in [0.05, 0.1) is 0 Å². The summed E-state index contributed by atoms with van der Waals surface area (Å²) in [7, 11) is 0. The van der Waals surface area contributed by atoms with Gasteiger partial charge in [-0.3, -0.25) is 4.79 Å². The van der Waals surface area contributed by atoms with Gasteiger partial charge in [-0.05, 0) is 55.8 Å². The van der Waals surface area contributed by atoms with Crippen molar-refractivity contribution < 1.29 is 14.3 Å². The molecule has 0 spiro atoms. The predicted molar refractivity (Wildman–Crippen MR) is 74.7 cm³/mol. The lowest BCUT2D eigenvalue weighted by atomic mass is 10.2. The van der Waals surface area contributed by atoms with Gasteiger partial charge in [0.25, 0.3) is 5.91 Å². The van der Waals surface area contributed by atoms with Crippen LogP contribution >= 0.6 is 15.9 Å². The molecular formula is C13H17BrN2O3. The SMILES string of the molecule is C[C@H](NC(=O)c1cccc(Br)n1)C(=O)OC(C)(C)C. The van der Waals surface area contributed by atoms with Crippen LogP contribution in [0.25, 0.3) is 0 Å². The first-order chi connectivity index (χ1) is 8.69. The molecule has 1 atom stereocenters. The smallest absolute Gasteiger partial charge is 0.328 e. The van der Waals surface area contributed by atoms with Crippen LogP contribution in [-0.2, 0) is 9.53 Å². The van der Waals surface area contributed by atoms with Crippen molar-refractivity contribution in [3.05, 3.63) is 28.5 Å². The Bertz CT molecular complexity index is 483. The summed E-state index contributed by atoms with van der Waals surface area (Å²) in [6, 6.07) is 4.26. The molecule has 5 nitrogen and oxygen atoms in total. The summed E-state index contributed by atoms with van der Waals surface area (Å²) in [5.41, 5.74) is -0.339. The molecule has 1 amide bonds. The van der Waals surface area contributed by atoms with E-state index in [4.69, 9.17) is 4.74 Å². The Morgan fingerprint density at radius 2 is 2.00 bits per heavy atom. The van der Waals surface area contributed by atoms with Gasteiger partial charge in [-0.2, -0.15) is 0 Å². The van der Waals surface area contributed by atoms with Crippen LogP contribution in [0.15, 0.2) is 22.8 Å². The number of ether oxygens (including phenoxy) is 1. The lowest BCUT2D eigenvalue weighted by Gasteiger charge is -2.22. The zero-order chi connectivity index (χ0) is 14.6. The number of rotatable bonds is 3. The standard InChI is InChI=1S/C13H17BrN2O3/c1-8(12(18)19-13(2,3)4)15-11(17)9-6-5-7-10(14)16-9/h5-8H,1-4H3,(H,15,17)/t8-/m0/s1. The topological polar surface area (TPSA) is 68.3 Å². The Labute approximate surface area is 120 Å². The normalized spacial score (nSPS) is 12.7. The molecule has 1 N–H and O–H groups in total. The largest absolute Gasteiger partial charge is 0.458 e. The van der Waals surface area contributed by atoms with Gasteiger partial charge < -0.3 is 10.1 Å². The molecule has 0 fully saturated rings. The van der Waals surface area contributed by atoms with E-state index in [9.17, 15) is 9.59 Å². The summed E-state index contributed by atoms with van der Waals surface area (Å²) in [6.07, 6.45) is 0. The number of nitrogens with one attached hydrogen (secondary N) is 1. The molecule has 0 unspecified atom stereocenters. The lowest BCUT2D eigenvalue weighted by Crippen LogP contribution is -2.42. The Balaban J connectivity index is 2.64. The first-order valence-corrected chi connectivity index (χ1v) is 6.64. The fourth-order valence-corrected chi connectivity index (χ4v) is 1.60. The van der Waals surface area contributed by atoms with Crippen LogP contribution < -0.4 is 5.32 Å². The van der Waals surface area contributed by atoms with E-state index in [0.29, 0.717) is 4.60 Å². The minimum absolute atomic E-state index is 0.241. The molecule has 1 aromatic heterocycles. The predicted octanol–water partition coefficient (Wildman–Crippen LogP) is 2.30. The van der Waals surface area contributed by atoms with Crippen LogP contribution in [0.4, 0.5) is 0 Å². The fourth-order valence-electron chi connectivity index (χ4n) is 1.25. The molecule has 0 saturated carbocycles. The number of aromatic nitrogens is 1. The fraction of sp³-hybridized carbons (Fsp3) is 0.462. The van der Waals surface area contributed by atoms with Crippen molar-refractivity contribution in [1.29, 1.82) is 0 Å². The number of carbonyl (C=O) groups excluding carboxylic acids is 2. The summed E-state index contributed by atoms with van der Waals surface area (Å²) in [5, 5.41) is 2.55. The third-order valence-corrected chi connectivity index (χ3v) is 2.50. The number of esters is 1. The van der Waals surface area contributed by atoms with E-state index in [-0.39, 0.29) is 5.69 Å². The van der Waals surface area contributed by atoms with Gasteiger partial charge in [0.2, 0.25) is 0 Å². The van der Waals surface area contributed by atoms with Crippen molar-refractivity contribution in [2.45, 2.75) is 39.3 Å². The zero-order valence-corrected chi connectivity index (χ0v) is 12.9. The van der Waals surface area contributed by atoms with Crippen molar-refractivity contribution in [1.82, 2.24) is 10.3 Å². The van der Waals surface area contributed by atoms with E-state index in [1.54, 1.807) is 45.9 Å². The van der Waals surface area contributed by atoms with Crippen LogP contribution in [0.3, 0.4) is 0 Å². The van der Waals surface area contributed by atoms with Crippen molar-refractivity contribution in [3.63, 3.8) is 0 Å². The second kappa shape index (κ2) is 6.14. The van der Waals surface area contributed by atoms with E-state index in [2.05, 4.69) is 26.2 Å². The molecule has 0 saturated heterocycles. The molecule has 0 bridgehead atoms. The van der Waals surface area contributed by atoms with Crippen molar-refractivity contribution >= 4 is 27.8 Å².